The van der Waals surface area contributed by atoms with Crippen LogP contribution in [0, 0.1) is 0 Å². The maximum Gasteiger partial charge on any atom is 0.246 e. The van der Waals surface area contributed by atoms with E-state index in [2.05, 4.69) is 10.2 Å². The smallest absolute Gasteiger partial charge is 0.246 e. The zero-order valence-electron chi connectivity index (χ0n) is 12.0. The highest BCUT2D eigenvalue weighted by molar-refractivity contribution is 5.91. The monoisotopic (exact) mass is 273 g/mol. The summed E-state index contributed by atoms with van der Waals surface area (Å²) < 4.78 is 3.55. The van der Waals surface area contributed by atoms with Gasteiger partial charge in [-0.1, -0.05) is 0 Å². The van der Waals surface area contributed by atoms with Gasteiger partial charge >= 0.3 is 0 Å². The predicted molar refractivity (Wildman–Crippen MR) is 76.6 cm³/mol. The van der Waals surface area contributed by atoms with Crippen molar-refractivity contribution in [2.24, 2.45) is 7.05 Å². The molecule has 2 aromatic rings. The zero-order valence-corrected chi connectivity index (χ0v) is 12.0. The van der Waals surface area contributed by atoms with E-state index in [9.17, 15) is 4.79 Å². The third kappa shape index (κ3) is 3.57. The van der Waals surface area contributed by atoms with Crippen LogP contribution in [0.4, 0.5) is 0 Å². The number of rotatable bonds is 5. The lowest BCUT2D eigenvalue weighted by Gasteiger charge is -2.13. The molecule has 0 aliphatic carbocycles. The number of likely N-dealkylation sites (N-methyl/N-ethyl adjacent to an activating group) is 1. The summed E-state index contributed by atoms with van der Waals surface area (Å²) in [7, 11) is 3.61. The van der Waals surface area contributed by atoms with Crippen molar-refractivity contribution in [3.05, 3.63) is 42.0 Å². The van der Waals surface area contributed by atoms with Crippen LogP contribution in [0.3, 0.4) is 0 Å². The van der Waals surface area contributed by atoms with Crippen molar-refractivity contribution in [3.8, 4) is 0 Å². The molecule has 2 heterocycles. The lowest BCUT2D eigenvalue weighted by molar-refractivity contribution is -0.125. The number of hydrogen-bond acceptors (Lipinski definition) is 3. The summed E-state index contributed by atoms with van der Waals surface area (Å²) in [5.74, 6) is -0.0556. The maximum atomic E-state index is 12.0. The average Bonchev–Trinajstić information content (AvgIpc) is 3.04. The van der Waals surface area contributed by atoms with Gasteiger partial charge in [-0.2, -0.15) is 10.2 Å². The van der Waals surface area contributed by atoms with Crippen LogP contribution in [0.5, 0.6) is 0 Å². The summed E-state index contributed by atoms with van der Waals surface area (Å²) >= 11 is 0. The normalized spacial score (nSPS) is 11.2. The Bertz CT molecular complexity index is 611. The second kappa shape index (κ2) is 6.18. The molecule has 0 spiro atoms. The Labute approximate surface area is 118 Å². The van der Waals surface area contributed by atoms with E-state index in [0.29, 0.717) is 6.54 Å². The molecule has 0 saturated carbocycles. The van der Waals surface area contributed by atoms with Crippen molar-refractivity contribution in [1.29, 1.82) is 0 Å². The van der Waals surface area contributed by atoms with Crippen LogP contribution in [0.2, 0.25) is 0 Å². The molecule has 6 heteroatoms. The number of nitrogens with zero attached hydrogens (tertiary/aromatic N) is 5. The minimum absolute atomic E-state index is 0.0556. The molecule has 6 nitrogen and oxygen atoms in total. The van der Waals surface area contributed by atoms with Gasteiger partial charge in [0.2, 0.25) is 5.91 Å². The van der Waals surface area contributed by atoms with Crippen LogP contribution in [-0.4, -0.2) is 37.4 Å². The molecule has 2 aromatic heterocycles. The Morgan fingerprint density at radius 2 is 2.30 bits per heavy atom. The van der Waals surface area contributed by atoms with Gasteiger partial charge in [0.25, 0.3) is 0 Å². The van der Waals surface area contributed by atoms with E-state index in [0.717, 1.165) is 17.8 Å². The molecular formula is C14H19N5O. The molecule has 20 heavy (non-hydrogen) atoms. The third-order valence-electron chi connectivity index (χ3n) is 2.94. The summed E-state index contributed by atoms with van der Waals surface area (Å²) in [6, 6.07) is 1.93. The first kappa shape index (κ1) is 14.0. The quantitative estimate of drug-likeness (QED) is 0.772. The molecule has 0 aliphatic heterocycles. The second-order valence-corrected chi connectivity index (χ2v) is 4.64. The number of aryl methyl sites for hydroxylation is 2. The molecule has 0 fully saturated rings. The SMILES string of the molecule is CCn1ccc(CN(C)C(=O)/C=C/c2cnn(C)c2)n1. The van der Waals surface area contributed by atoms with Gasteiger partial charge in [0.1, 0.15) is 0 Å². The van der Waals surface area contributed by atoms with Crippen molar-refractivity contribution >= 4 is 12.0 Å². The molecule has 1 amide bonds. The fourth-order valence-electron chi connectivity index (χ4n) is 1.81. The standard InChI is InChI=1S/C14H19N5O/c1-4-19-8-7-13(16-19)11-17(2)14(20)6-5-12-9-15-18(3)10-12/h5-10H,4,11H2,1-3H3/b6-5+. The minimum Gasteiger partial charge on any atom is -0.336 e. The summed E-state index contributed by atoms with van der Waals surface area (Å²) in [6.45, 7) is 3.37. The molecule has 0 aromatic carbocycles. The largest absolute Gasteiger partial charge is 0.336 e. The molecule has 2 rings (SSSR count). The number of hydrogen-bond donors (Lipinski definition) is 0. The van der Waals surface area contributed by atoms with E-state index in [-0.39, 0.29) is 5.91 Å². The number of amides is 1. The Hall–Kier alpha value is -2.37. The van der Waals surface area contributed by atoms with E-state index in [1.807, 2.05) is 37.1 Å². The lowest BCUT2D eigenvalue weighted by atomic mass is 10.3. The highest BCUT2D eigenvalue weighted by Gasteiger charge is 2.07. The zero-order chi connectivity index (χ0) is 14.5. The fraction of sp³-hybridized carbons (Fsp3) is 0.357. The van der Waals surface area contributed by atoms with Gasteiger partial charge in [-0.25, -0.2) is 0 Å². The Kier molecular flexibility index (Phi) is 4.34. The van der Waals surface area contributed by atoms with E-state index < -0.39 is 0 Å². The van der Waals surface area contributed by atoms with Crippen LogP contribution in [0.25, 0.3) is 6.08 Å². The maximum absolute atomic E-state index is 12.0. The Balaban J connectivity index is 1.93. The molecule has 0 aliphatic rings. The van der Waals surface area contributed by atoms with Gasteiger partial charge in [-0.3, -0.25) is 14.2 Å². The summed E-state index contributed by atoms with van der Waals surface area (Å²) in [5.41, 5.74) is 1.79. The highest BCUT2D eigenvalue weighted by Crippen LogP contribution is 2.03. The van der Waals surface area contributed by atoms with Crippen LogP contribution in [0.1, 0.15) is 18.2 Å². The fourth-order valence-corrected chi connectivity index (χ4v) is 1.81. The van der Waals surface area contributed by atoms with Crippen LogP contribution < -0.4 is 0 Å². The molecule has 0 radical (unpaired) electrons. The Morgan fingerprint density at radius 1 is 1.50 bits per heavy atom. The molecule has 0 saturated heterocycles. The molecular weight excluding hydrogens is 254 g/mol. The van der Waals surface area contributed by atoms with Crippen LogP contribution in [0.15, 0.2) is 30.7 Å². The van der Waals surface area contributed by atoms with Gasteiger partial charge < -0.3 is 4.90 Å². The van der Waals surface area contributed by atoms with Crippen molar-refractivity contribution in [2.45, 2.75) is 20.0 Å². The first-order valence-corrected chi connectivity index (χ1v) is 6.52. The van der Waals surface area contributed by atoms with E-state index in [1.54, 1.807) is 35.0 Å². The van der Waals surface area contributed by atoms with Gasteiger partial charge in [0.05, 0.1) is 18.4 Å². The molecule has 0 atom stereocenters. The average molecular weight is 273 g/mol. The van der Waals surface area contributed by atoms with Crippen molar-refractivity contribution in [3.63, 3.8) is 0 Å². The van der Waals surface area contributed by atoms with Gasteiger partial charge in [-0.05, 0) is 19.1 Å². The molecule has 0 N–H and O–H groups in total. The first-order chi connectivity index (χ1) is 9.58. The highest BCUT2D eigenvalue weighted by atomic mass is 16.2. The predicted octanol–water partition coefficient (Wildman–Crippen LogP) is 1.31. The van der Waals surface area contributed by atoms with Crippen molar-refractivity contribution in [2.75, 3.05) is 7.05 Å². The number of carbonyl (C=O) groups is 1. The van der Waals surface area contributed by atoms with E-state index >= 15 is 0 Å². The lowest BCUT2D eigenvalue weighted by Crippen LogP contribution is -2.24. The van der Waals surface area contributed by atoms with E-state index in [1.165, 1.54) is 0 Å². The first-order valence-electron chi connectivity index (χ1n) is 6.52. The third-order valence-corrected chi connectivity index (χ3v) is 2.94. The molecule has 0 bridgehead atoms. The van der Waals surface area contributed by atoms with Gasteiger partial charge in [0, 0.05) is 44.7 Å². The minimum atomic E-state index is -0.0556. The summed E-state index contributed by atoms with van der Waals surface area (Å²) in [5, 5.41) is 8.41. The van der Waals surface area contributed by atoms with Crippen LogP contribution >= 0.6 is 0 Å². The van der Waals surface area contributed by atoms with Gasteiger partial charge in [0.15, 0.2) is 0 Å². The van der Waals surface area contributed by atoms with E-state index in [4.69, 9.17) is 0 Å². The van der Waals surface area contributed by atoms with Crippen molar-refractivity contribution in [1.82, 2.24) is 24.5 Å². The topological polar surface area (TPSA) is 56.0 Å². The molecule has 0 unspecified atom stereocenters. The second-order valence-electron chi connectivity index (χ2n) is 4.64. The molecule has 106 valence electrons. The van der Waals surface area contributed by atoms with Crippen molar-refractivity contribution < 1.29 is 4.79 Å². The number of aromatic nitrogens is 4. The Morgan fingerprint density at radius 3 is 2.90 bits per heavy atom. The van der Waals surface area contributed by atoms with Crippen LogP contribution in [-0.2, 0) is 24.9 Å². The van der Waals surface area contributed by atoms with Gasteiger partial charge in [-0.15, -0.1) is 0 Å². The summed E-state index contributed by atoms with van der Waals surface area (Å²) in [4.78, 5) is 13.6. The number of carbonyl (C=O) groups excluding carboxylic acids is 1. The summed E-state index contributed by atoms with van der Waals surface area (Å²) in [6.07, 6.45) is 8.79.